The molecule has 17 heavy (non-hydrogen) atoms. The Morgan fingerprint density at radius 1 is 1.06 bits per heavy atom. The molecule has 0 aliphatic heterocycles. The van der Waals surface area contributed by atoms with E-state index in [9.17, 15) is 0 Å². The van der Waals surface area contributed by atoms with E-state index in [2.05, 4.69) is 48.1 Å². The van der Waals surface area contributed by atoms with Crippen LogP contribution in [-0.2, 0) is 6.42 Å². The Kier molecular flexibility index (Phi) is 3.86. The van der Waals surface area contributed by atoms with E-state index in [0.29, 0.717) is 0 Å². The van der Waals surface area contributed by atoms with E-state index in [1.165, 1.54) is 24.0 Å². The SMILES string of the molecule is CCCCc1c(C)ncnc1-c1ccccc1. The lowest BCUT2D eigenvalue weighted by molar-refractivity contribution is 0.783. The molecule has 0 radical (unpaired) electrons. The summed E-state index contributed by atoms with van der Waals surface area (Å²) in [7, 11) is 0. The molecule has 0 saturated heterocycles. The molecule has 2 heteroatoms. The Labute approximate surface area is 103 Å². The third-order valence-electron chi connectivity index (χ3n) is 2.99. The number of nitrogens with zero attached hydrogens (tertiary/aromatic N) is 2. The summed E-state index contributed by atoms with van der Waals surface area (Å²) < 4.78 is 0. The molecule has 0 atom stereocenters. The Balaban J connectivity index is 2.43. The summed E-state index contributed by atoms with van der Waals surface area (Å²) in [5.74, 6) is 0. The van der Waals surface area contributed by atoms with Crippen molar-refractivity contribution in [2.24, 2.45) is 0 Å². The predicted octanol–water partition coefficient (Wildman–Crippen LogP) is 3.79. The van der Waals surface area contributed by atoms with Crippen LogP contribution >= 0.6 is 0 Å². The van der Waals surface area contributed by atoms with Crippen LogP contribution in [0.1, 0.15) is 31.0 Å². The number of hydrogen-bond donors (Lipinski definition) is 0. The summed E-state index contributed by atoms with van der Waals surface area (Å²) in [6.07, 6.45) is 5.11. The first-order valence-corrected chi connectivity index (χ1v) is 6.18. The van der Waals surface area contributed by atoms with Gasteiger partial charge in [-0.05, 0) is 25.3 Å². The van der Waals surface area contributed by atoms with Gasteiger partial charge in [0.2, 0.25) is 0 Å². The Morgan fingerprint density at radius 3 is 2.53 bits per heavy atom. The van der Waals surface area contributed by atoms with Crippen molar-refractivity contribution in [1.82, 2.24) is 9.97 Å². The number of unbranched alkanes of at least 4 members (excludes halogenated alkanes) is 1. The Bertz CT molecular complexity index is 478. The van der Waals surface area contributed by atoms with Crippen molar-refractivity contribution in [1.29, 1.82) is 0 Å². The lowest BCUT2D eigenvalue weighted by Gasteiger charge is -2.10. The average molecular weight is 226 g/mol. The van der Waals surface area contributed by atoms with Crippen molar-refractivity contribution in [2.45, 2.75) is 33.1 Å². The highest BCUT2D eigenvalue weighted by Crippen LogP contribution is 2.23. The van der Waals surface area contributed by atoms with Gasteiger partial charge in [0.05, 0.1) is 5.69 Å². The molecule has 1 aromatic carbocycles. The van der Waals surface area contributed by atoms with E-state index in [0.717, 1.165) is 17.8 Å². The van der Waals surface area contributed by atoms with E-state index in [1.807, 2.05) is 6.07 Å². The molecule has 0 spiro atoms. The summed E-state index contributed by atoms with van der Waals surface area (Å²) in [5, 5.41) is 0. The molecule has 0 aliphatic rings. The van der Waals surface area contributed by atoms with Gasteiger partial charge in [0.15, 0.2) is 0 Å². The molecule has 0 unspecified atom stereocenters. The first-order valence-electron chi connectivity index (χ1n) is 6.18. The van der Waals surface area contributed by atoms with Gasteiger partial charge in [0.1, 0.15) is 6.33 Å². The molecule has 2 aromatic rings. The van der Waals surface area contributed by atoms with Crippen LogP contribution in [0.15, 0.2) is 36.7 Å². The van der Waals surface area contributed by atoms with Crippen molar-refractivity contribution >= 4 is 0 Å². The van der Waals surface area contributed by atoms with Crippen LogP contribution < -0.4 is 0 Å². The minimum absolute atomic E-state index is 1.06. The van der Waals surface area contributed by atoms with E-state index >= 15 is 0 Å². The molecule has 0 saturated carbocycles. The van der Waals surface area contributed by atoms with Crippen LogP contribution in [0, 0.1) is 6.92 Å². The number of rotatable bonds is 4. The van der Waals surface area contributed by atoms with Crippen LogP contribution in [0.3, 0.4) is 0 Å². The van der Waals surface area contributed by atoms with Gasteiger partial charge in [-0.3, -0.25) is 0 Å². The first-order chi connectivity index (χ1) is 8.33. The minimum atomic E-state index is 1.06. The largest absolute Gasteiger partial charge is 0.241 e. The van der Waals surface area contributed by atoms with E-state index in [1.54, 1.807) is 6.33 Å². The van der Waals surface area contributed by atoms with E-state index in [-0.39, 0.29) is 0 Å². The van der Waals surface area contributed by atoms with Crippen LogP contribution in [-0.4, -0.2) is 9.97 Å². The van der Waals surface area contributed by atoms with Gasteiger partial charge < -0.3 is 0 Å². The second kappa shape index (κ2) is 5.58. The summed E-state index contributed by atoms with van der Waals surface area (Å²) in [6.45, 7) is 4.28. The quantitative estimate of drug-likeness (QED) is 0.792. The Morgan fingerprint density at radius 2 is 1.82 bits per heavy atom. The fourth-order valence-electron chi connectivity index (χ4n) is 2.00. The van der Waals surface area contributed by atoms with E-state index in [4.69, 9.17) is 0 Å². The van der Waals surface area contributed by atoms with Crippen molar-refractivity contribution < 1.29 is 0 Å². The molecule has 0 bridgehead atoms. The fourth-order valence-corrected chi connectivity index (χ4v) is 2.00. The first kappa shape index (κ1) is 11.8. The standard InChI is InChI=1S/C15H18N2/c1-3-4-10-14-12(2)16-11-17-15(14)13-8-6-5-7-9-13/h5-9,11H,3-4,10H2,1-2H3. The van der Waals surface area contributed by atoms with Crippen molar-refractivity contribution in [3.63, 3.8) is 0 Å². The molecule has 2 rings (SSSR count). The van der Waals surface area contributed by atoms with Crippen molar-refractivity contribution in [3.05, 3.63) is 47.9 Å². The van der Waals surface area contributed by atoms with Crippen molar-refractivity contribution in [2.75, 3.05) is 0 Å². The predicted molar refractivity (Wildman–Crippen MR) is 70.8 cm³/mol. The molecule has 1 aromatic heterocycles. The van der Waals surface area contributed by atoms with Gasteiger partial charge >= 0.3 is 0 Å². The number of hydrogen-bond acceptors (Lipinski definition) is 2. The number of aromatic nitrogens is 2. The topological polar surface area (TPSA) is 25.8 Å². The lowest BCUT2D eigenvalue weighted by Crippen LogP contribution is -1.99. The van der Waals surface area contributed by atoms with Crippen LogP contribution in [0.2, 0.25) is 0 Å². The molecule has 0 amide bonds. The third-order valence-corrected chi connectivity index (χ3v) is 2.99. The van der Waals surface area contributed by atoms with Gasteiger partial charge in [-0.15, -0.1) is 0 Å². The normalized spacial score (nSPS) is 10.5. The van der Waals surface area contributed by atoms with Gasteiger partial charge in [0.25, 0.3) is 0 Å². The number of benzene rings is 1. The monoisotopic (exact) mass is 226 g/mol. The zero-order valence-electron chi connectivity index (χ0n) is 10.5. The molecular formula is C15H18N2. The highest BCUT2D eigenvalue weighted by molar-refractivity contribution is 5.63. The fraction of sp³-hybridized carbons (Fsp3) is 0.333. The highest BCUT2D eigenvalue weighted by atomic mass is 14.8. The van der Waals surface area contributed by atoms with Gasteiger partial charge in [-0.2, -0.15) is 0 Å². The maximum Gasteiger partial charge on any atom is 0.116 e. The second-order valence-electron chi connectivity index (χ2n) is 4.26. The van der Waals surface area contributed by atoms with Crippen LogP contribution in [0.25, 0.3) is 11.3 Å². The molecule has 0 fully saturated rings. The smallest absolute Gasteiger partial charge is 0.116 e. The highest BCUT2D eigenvalue weighted by Gasteiger charge is 2.09. The summed E-state index contributed by atoms with van der Waals surface area (Å²) >= 11 is 0. The average Bonchev–Trinajstić information content (AvgIpc) is 2.38. The van der Waals surface area contributed by atoms with Crippen LogP contribution in [0.5, 0.6) is 0 Å². The van der Waals surface area contributed by atoms with Crippen molar-refractivity contribution in [3.8, 4) is 11.3 Å². The molecule has 1 heterocycles. The van der Waals surface area contributed by atoms with Crippen LogP contribution in [0.4, 0.5) is 0 Å². The van der Waals surface area contributed by atoms with Gasteiger partial charge in [-0.1, -0.05) is 43.7 Å². The zero-order valence-corrected chi connectivity index (χ0v) is 10.5. The summed E-state index contributed by atoms with van der Waals surface area (Å²) in [6, 6.07) is 10.4. The lowest BCUT2D eigenvalue weighted by atomic mass is 10.0. The maximum absolute atomic E-state index is 4.45. The molecule has 88 valence electrons. The maximum atomic E-state index is 4.45. The number of aryl methyl sites for hydroxylation is 1. The zero-order chi connectivity index (χ0) is 12.1. The molecule has 2 nitrogen and oxygen atoms in total. The molecule has 0 aliphatic carbocycles. The third kappa shape index (κ3) is 2.70. The summed E-state index contributed by atoms with van der Waals surface area (Å²) in [4.78, 5) is 8.76. The Hall–Kier alpha value is -1.70. The minimum Gasteiger partial charge on any atom is -0.241 e. The van der Waals surface area contributed by atoms with E-state index < -0.39 is 0 Å². The molecule has 0 N–H and O–H groups in total. The second-order valence-corrected chi connectivity index (χ2v) is 4.26. The molecular weight excluding hydrogens is 208 g/mol. The van der Waals surface area contributed by atoms with Gasteiger partial charge in [-0.25, -0.2) is 9.97 Å². The van der Waals surface area contributed by atoms with Gasteiger partial charge in [0, 0.05) is 11.3 Å². The summed E-state index contributed by atoms with van der Waals surface area (Å²) in [5.41, 5.74) is 4.67.